The van der Waals surface area contributed by atoms with E-state index >= 15 is 0 Å². The zero-order chi connectivity index (χ0) is 14.7. The molecule has 3 nitrogen and oxygen atoms in total. The average Bonchev–Trinajstić information content (AvgIpc) is 2.40. The van der Waals surface area contributed by atoms with Crippen LogP contribution < -0.4 is 0 Å². The number of hydrogen-bond donors (Lipinski definition) is 1. The number of carbonyl (C=O) groups excluding carboxylic acids is 1. The van der Waals surface area contributed by atoms with E-state index < -0.39 is 0 Å². The summed E-state index contributed by atoms with van der Waals surface area (Å²) >= 11 is 3.47. The third-order valence-electron chi connectivity index (χ3n) is 3.10. The van der Waals surface area contributed by atoms with Gasteiger partial charge in [-0.1, -0.05) is 40.2 Å². The fourth-order valence-corrected chi connectivity index (χ4v) is 2.39. The zero-order valence-electron chi connectivity index (χ0n) is 11.4. The van der Waals surface area contributed by atoms with E-state index in [9.17, 15) is 9.90 Å². The fourth-order valence-electron chi connectivity index (χ4n) is 1.98. The number of aromatic hydroxyl groups is 1. The van der Waals surface area contributed by atoms with Crippen LogP contribution >= 0.6 is 15.9 Å². The van der Waals surface area contributed by atoms with Crippen LogP contribution in [0.25, 0.3) is 0 Å². The van der Waals surface area contributed by atoms with Gasteiger partial charge in [0.2, 0.25) is 0 Å². The minimum atomic E-state index is -0.196. The van der Waals surface area contributed by atoms with Crippen molar-refractivity contribution >= 4 is 21.8 Å². The van der Waals surface area contributed by atoms with E-state index in [1.165, 1.54) is 0 Å². The Morgan fingerprint density at radius 2 is 1.95 bits per heavy atom. The van der Waals surface area contributed by atoms with Gasteiger partial charge in [0.15, 0.2) is 0 Å². The smallest absolute Gasteiger partial charge is 0.257 e. The van der Waals surface area contributed by atoms with Crippen molar-refractivity contribution < 1.29 is 9.90 Å². The van der Waals surface area contributed by atoms with E-state index in [2.05, 4.69) is 15.9 Å². The quantitative estimate of drug-likeness (QED) is 0.929. The van der Waals surface area contributed by atoms with E-state index in [0.717, 1.165) is 15.6 Å². The monoisotopic (exact) mass is 333 g/mol. The van der Waals surface area contributed by atoms with Crippen molar-refractivity contribution in [2.45, 2.75) is 13.5 Å². The Kier molecular flexibility index (Phi) is 4.45. The number of benzene rings is 2. The molecule has 0 aliphatic carbocycles. The Balaban J connectivity index is 2.19. The van der Waals surface area contributed by atoms with Gasteiger partial charge in [0.25, 0.3) is 5.91 Å². The van der Waals surface area contributed by atoms with Crippen molar-refractivity contribution in [1.29, 1.82) is 0 Å². The number of phenols is 1. The molecule has 2 aromatic rings. The number of aryl methyl sites for hydroxylation is 1. The van der Waals surface area contributed by atoms with Crippen molar-refractivity contribution in [2.75, 3.05) is 7.05 Å². The van der Waals surface area contributed by atoms with Gasteiger partial charge in [-0.3, -0.25) is 4.79 Å². The molecule has 1 amide bonds. The maximum absolute atomic E-state index is 12.3. The van der Waals surface area contributed by atoms with E-state index in [-0.39, 0.29) is 11.7 Å². The second kappa shape index (κ2) is 6.09. The normalized spacial score (nSPS) is 10.3. The molecule has 0 spiro atoms. The summed E-state index contributed by atoms with van der Waals surface area (Å²) in [5.41, 5.74) is 2.27. The largest absolute Gasteiger partial charge is 0.507 e. The molecule has 0 aliphatic rings. The molecule has 0 unspecified atom stereocenters. The number of rotatable bonds is 3. The predicted octanol–water partition coefficient (Wildman–Crippen LogP) is 3.74. The lowest BCUT2D eigenvalue weighted by Crippen LogP contribution is -2.26. The molecule has 20 heavy (non-hydrogen) atoms. The first-order chi connectivity index (χ1) is 9.49. The second-order valence-electron chi connectivity index (χ2n) is 4.77. The lowest BCUT2D eigenvalue weighted by molar-refractivity contribution is 0.0782. The van der Waals surface area contributed by atoms with E-state index in [0.29, 0.717) is 12.1 Å². The minimum Gasteiger partial charge on any atom is -0.507 e. The number of halogens is 1. The Bertz CT molecular complexity index is 640. The zero-order valence-corrected chi connectivity index (χ0v) is 13.0. The number of phenolic OH excluding ortho intramolecular Hbond substituents is 1. The van der Waals surface area contributed by atoms with Crippen LogP contribution in [0.5, 0.6) is 5.75 Å². The first-order valence-electron chi connectivity index (χ1n) is 6.27. The molecule has 1 N–H and O–H groups in total. The van der Waals surface area contributed by atoms with Crippen LogP contribution in [-0.4, -0.2) is 23.0 Å². The first-order valence-corrected chi connectivity index (χ1v) is 7.07. The van der Waals surface area contributed by atoms with Crippen molar-refractivity contribution in [1.82, 2.24) is 4.90 Å². The van der Waals surface area contributed by atoms with Crippen molar-refractivity contribution in [3.05, 3.63) is 63.6 Å². The highest BCUT2D eigenvalue weighted by atomic mass is 79.9. The van der Waals surface area contributed by atoms with Gasteiger partial charge in [-0.15, -0.1) is 0 Å². The summed E-state index contributed by atoms with van der Waals surface area (Å²) < 4.78 is 0.966. The van der Waals surface area contributed by atoms with Crippen LogP contribution in [0.15, 0.2) is 46.9 Å². The summed E-state index contributed by atoms with van der Waals surface area (Å²) in [7, 11) is 1.72. The van der Waals surface area contributed by atoms with Gasteiger partial charge >= 0.3 is 0 Å². The second-order valence-corrected chi connectivity index (χ2v) is 5.63. The van der Waals surface area contributed by atoms with E-state index in [4.69, 9.17) is 0 Å². The van der Waals surface area contributed by atoms with Gasteiger partial charge < -0.3 is 10.0 Å². The van der Waals surface area contributed by atoms with Gasteiger partial charge in [0, 0.05) is 18.1 Å². The summed E-state index contributed by atoms with van der Waals surface area (Å²) in [6, 6.07) is 12.8. The third kappa shape index (κ3) is 3.20. The molecular formula is C16H16BrNO2. The summed E-state index contributed by atoms with van der Waals surface area (Å²) in [5, 5.41) is 9.87. The molecule has 4 heteroatoms. The molecule has 0 heterocycles. The van der Waals surface area contributed by atoms with Crippen molar-refractivity contribution in [3.63, 3.8) is 0 Å². The summed E-state index contributed by atoms with van der Waals surface area (Å²) in [5.74, 6) is -0.174. The van der Waals surface area contributed by atoms with E-state index in [1.807, 2.05) is 37.3 Å². The summed E-state index contributed by atoms with van der Waals surface area (Å²) in [6.45, 7) is 2.35. The highest BCUT2D eigenvalue weighted by molar-refractivity contribution is 9.10. The predicted molar refractivity (Wildman–Crippen MR) is 82.8 cm³/mol. The molecule has 0 saturated carbocycles. The first kappa shape index (κ1) is 14.6. The lowest BCUT2D eigenvalue weighted by atomic mass is 10.1. The third-order valence-corrected chi connectivity index (χ3v) is 3.87. The molecule has 0 atom stereocenters. The molecule has 0 aliphatic heterocycles. The molecule has 2 aromatic carbocycles. The van der Waals surface area contributed by atoms with Gasteiger partial charge in [0.05, 0.1) is 5.56 Å². The topological polar surface area (TPSA) is 40.5 Å². The van der Waals surface area contributed by atoms with Gasteiger partial charge in [-0.2, -0.15) is 0 Å². The van der Waals surface area contributed by atoms with Crippen molar-refractivity contribution in [2.24, 2.45) is 0 Å². The number of nitrogens with zero attached hydrogens (tertiary/aromatic N) is 1. The molecule has 0 radical (unpaired) electrons. The molecule has 104 valence electrons. The molecule has 0 bridgehead atoms. The molecule has 2 rings (SSSR count). The van der Waals surface area contributed by atoms with Crippen LogP contribution in [-0.2, 0) is 6.54 Å². The number of carbonyl (C=O) groups is 1. The van der Waals surface area contributed by atoms with Crippen LogP contribution in [0, 0.1) is 6.92 Å². The Morgan fingerprint density at radius 1 is 1.25 bits per heavy atom. The maximum atomic E-state index is 12.3. The standard InChI is InChI=1S/C16H16BrNO2/c1-11-7-8-13(15(19)9-11)16(20)18(2)10-12-5-3-4-6-14(12)17/h3-9,19H,10H2,1-2H3. The molecule has 0 fully saturated rings. The average molecular weight is 334 g/mol. The van der Waals surface area contributed by atoms with Crippen LogP contribution in [0.4, 0.5) is 0 Å². The SMILES string of the molecule is Cc1ccc(C(=O)N(C)Cc2ccccc2Br)c(O)c1. The maximum Gasteiger partial charge on any atom is 0.257 e. The van der Waals surface area contributed by atoms with Gasteiger partial charge in [0.1, 0.15) is 5.75 Å². The van der Waals surface area contributed by atoms with Crippen molar-refractivity contribution in [3.8, 4) is 5.75 Å². The minimum absolute atomic E-state index is 0.0222. The Labute approximate surface area is 127 Å². The van der Waals surface area contributed by atoms with E-state index in [1.54, 1.807) is 24.1 Å². The summed E-state index contributed by atoms with van der Waals surface area (Å²) in [6.07, 6.45) is 0. The molecule has 0 aromatic heterocycles. The Morgan fingerprint density at radius 3 is 2.60 bits per heavy atom. The fraction of sp³-hybridized carbons (Fsp3) is 0.188. The van der Waals surface area contributed by atoms with Crippen LogP contribution in [0.1, 0.15) is 21.5 Å². The number of amides is 1. The Hall–Kier alpha value is -1.81. The number of hydrogen-bond acceptors (Lipinski definition) is 2. The molecular weight excluding hydrogens is 318 g/mol. The van der Waals surface area contributed by atoms with Crippen LogP contribution in [0.3, 0.4) is 0 Å². The lowest BCUT2D eigenvalue weighted by Gasteiger charge is -2.19. The highest BCUT2D eigenvalue weighted by Gasteiger charge is 2.16. The summed E-state index contributed by atoms with van der Waals surface area (Å²) in [4.78, 5) is 13.9. The molecule has 0 saturated heterocycles. The highest BCUT2D eigenvalue weighted by Crippen LogP contribution is 2.22. The van der Waals surface area contributed by atoms with Gasteiger partial charge in [-0.05, 0) is 36.2 Å². The van der Waals surface area contributed by atoms with Gasteiger partial charge in [-0.25, -0.2) is 0 Å². The van der Waals surface area contributed by atoms with Crippen LogP contribution in [0.2, 0.25) is 0 Å².